The fourth-order valence-electron chi connectivity index (χ4n) is 2.76. The second kappa shape index (κ2) is 7.60. The maximum absolute atomic E-state index is 13.7. The van der Waals surface area contributed by atoms with Crippen LogP contribution in [-0.2, 0) is 4.79 Å². The van der Waals surface area contributed by atoms with Gasteiger partial charge in [0.05, 0.1) is 12.2 Å². The smallest absolute Gasteiger partial charge is 0.238 e. The number of benzene rings is 2. The Morgan fingerprint density at radius 1 is 1.21 bits per heavy atom. The lowest BCUT2D eigenvalue weighted by atomic mass is 10.00. The third-order valence-electron chi connectivity index (χ3n) is 4.01. The van der Waals surface area contributed by atoms with Gasteiger partial charge in [-0.15, -0.1) is 0 Å². The molecule has 1 N–H and O–H groups in total. The number of carbonyl (C=O) groups excluding carboxylic acids is 1. The van der Waals surface area contributed by atoms with Gasteiger partial charge in [-0.05, 0) is 35.8 Å². The first-order valence-corrected chi connectivity index (χ1v) is 8.21. The molecule has 0 spiro atoms. The van der Waals surface area contributed by atoms with E-state index >= 15 is 0 Å². The van der Waals surface area contributed by atoms with Gasteiger partial charge >= 0.3 is 0 Å². The SMILES string of the molecule is O=C(CN1CC=C(c2ccccc2)CC1)Nc1cc(Cl)ccc1F. The van der Waals surface area contributed by atoms with Crippen LogP contribution in [0.25, 0.3) is 5.57 Å². The van der Waals surface area contributed by atoms with E-state index < -0.39 is 5.82 Å². The number of carbonyl (C=O) groups is 1. The zero-order valence-corrected chi connectivity index (χ0v) is 13.9. The summed E-state index contributed by atoms with van der Waals surface area (Å²) in [4.78, 5) is 14.1. The first-order chi connectivity index (χ1) is 11.6. The van der Waals surface area contributed by atoms with Crippen molar-refractivity contribution in [3.8, 4) is 0 Å². The predicted octanol–water partition coefficient (Wildman–Crippen LogP) is 4.21. The Labute approximate surface area is 145 Å². The summed E-state index contributed by atoms with van der Waals surface area (Å²) in [6.45, 7) is 1.73. The van der Waals surface area contributed by atoms with Crippen LogP contribution < -0.4 is 5.32 Å². The fourth-order valence-corrected chi connectivity index (χ4v) is 2.93. The van der Waals surface area contributed by atoms with E-state index in [0.29, 0.717) is 11.6 Å². The minimum Gasteiger partial charge on any atom is -0.322 e. The summed E-state index contributed by atoms with van der Waals surface area (Å²) < 4.78 is 13.7. The summed E-state index contributed by atoms with van der Waals surface area (Å²) in [5.41, 5.74) is 2.64. The van der Waals surface area contributed by atoms with Crippen LogP contribution in [0.4, 0.5) is 10.1 Å². The van der Waals surface area contributed by atoms with Crippen molar-refractivity contribution in [3.63, 3.8) is 0 Å². The van der Waals surface area contributed by atoms with E-state index in [4.69, 9.17) is 11.6 Å². The third kappa shape index (κ3) is 4.22. The highest BCUT2D eigenvalue weighted by Crippen LogP contribution is 2.22. The highest BCUT2D eigenvalue weighted by molar-refractivity contribution is 6.30. The van der Waals surface area contributed by atoms with Crippen molar-refractivity contribution < 1.29 is 9.18 Å². The lowest BCUT2D eigenvalue weighted by Crippen LogP contribution is -2.36. The van der Waals surface area contributed by atoms with Crippen molar-refractivity contribution in [3.05, 3.63) is 71.0 Å². The first kappa shape index (κ1) is 16.7. The summed E-state index contributed by atoms with van der Waals surface area (Å²) in [7, 11) is 0. The molecule has 0 fully saturated rings. The van der Waals surface area contributed by atoms with Gasteiger partial charge in [0.25, 0.3) is 0 Å². The molecule has 0 radical (unpaired) electrons. The number of halogens is 2. The van der Waals surface area contributed by atoms with Gasteiger partial charge in [-0.2, -0.15) is 0 Å². The molecule has 1 heterocycles. The zero-order valence-electron chi connectivity index (χ0n) is 13.1. The summed E-state index contributed by atoms with van der Waals surface area (Å²) in [6, 6.07) is 14.3. The van der Waals surface area contributed by atoms with E-state index in [2.05, 4.69) is 23.5 Å². The maximum atomic E-state index is 13.7. The average molecular weight is 345 g/mol. The van der Waals surface area contributed by atoms with Crippen LogP contribution in [0.3, 0.4) is 0 Å². The lowest BCUT2D eigenvalue weighted by Gasteiger charge is -2.26. The van der Waals surface area contributed by atoms with Crippen molar-refractivity contribution in [2.75, 3.05) is 25.0 Å². The molecule has 0 aromatic heterocycles. The number of hydrogen-bond donors (Lipinski definition) is 1. The van der Waals surface area contributed by atoms with Crippen molar-refractivity contribution >= 4 is 28.8 Å². The Balaban J connectivity index is 1.57. The molecule has 124 valence electrons. The van der Waals surface area contributed by atoms with E-state index in [1.807, 2.05) is 23.1 Å². The van der Waals surface area contributed by atoms with Gasteiger partial charge in [-0.25, -0.2) is 4.39 Å². The third-order valence-corrected chi connectivity index (χ3v) is 4.24. The summed E-state index contributed by atoms with van der Waals surface area (Å²) in [5.74, 6) is -0.731. The second-order valence-electron chi connectivity index (χ2n) is 5.75. The van der Waals surface area contributed by atoms with Gasteiger partial charge in [0.1, 0.15) is 5.82 Å². The van der Waals surface area contributed by atoms with Crippen molar-refractivity contribution in [1.82, 2.24) is 4.90 Å². The Bertz CT molecular complexity index is 761. The summed E-state index contributed by atoms with van der Waals surface area (Å²) in [6.07, 6.45) is 3.04. The molecule has 3 rings (SSSR count). The van der Waals surface area contributed by atoms with E-state index in [0.717, 1.165) is 13.0 Å². The molecule has 1 aliphatic heterocycles. The highest BCUT2D eigenvalue weighted by Gasteiger charge is 2.16. The largest absolute Gasteiger partial charge is 0.322 e. The van der Waals surface area contributed by atoms with Crippen molar-refractivity contribution in [2.45, 2.75) is 6.42 Å². The lowest BCUT2D eigenvalue weighted by molar-refractivity contribution is -0.117. The number of nitrogens with one attached hydrogen (secondary N) is 1. The molecular formula is C19H18ClFN2O. The molecule has 2 aromatic carbocycles. The quantitative estimate of drug-likeness (QED) is 0.901. The molecule has 0 unspecified atom stereocenters. The van der Waals surface area contributed by atoms with Crippen LogP contribution in [0.1, 0.15) is 12.0 Å². The molecule has 0 saturated carbocycles. The first-order valence-electron chi connectivity index (χ1n) is 7.83. The molecule has 1 aliphatic rings. The minimum absolute atomic E-state index is 0.116. The molecule has 0 aliphatic carbocycles. The molecule has 2 aromatic rings. The summed E-state index contributed by atoms with van der Waals surface area (Å²) >= 11 is 5.83. The Morgan fingerprint density at radius 3 is 2.71 bits per heavy atom. The van der Waals surface area contributed by atoms with E-state index in [-0.39, 0.29) is 18.1 Å². The Morgan fingerprint density at radius 2 is 2.00 bits per heavy atom. The average Bonchev–Trinajstić information content (AvgIpc) is 2.59. The maximum Gasteiger partial charge on any atom is 0.238 e. The Kier molecular flexibility index (Phi) is 5.28. The number of amides is 1. The van der Waals surface area contributed by atoms with Crippen LogP contribution in [0.2, 0.25) is 5.02 Å². The number of hydrogen-bond acceptors (Lipinski definition) is 2. The van der Waals surface area contributed by atoms with Gasteiger partial charge in [-0.3, -0.25) is 9.69 Å². The molecule has 0 saturated heterocycles. The molecule has 5 heteroatoms. The molecule has 24 heavy (non-hydrogen) atoms. The summed E-state index contributed by atoms with van der Waals surface area (Å²) in [5, 5.41) is 2.97. The van der Waals surface area contributed by atoms with Gasteiger partial charge < -0.3 is 5.32 Å². The molecule has 3 nitrogen and oxygen atoms in total. The van der Waals surface area contributed by atoms with Gasteiger partial charge in [0.2, 0.25) is 5.91 Å². The predicted molar refractivity (Wildman–Crippen MR) is 95.5 cm³/mol. The fraction of sp³-hybridized carbons (Fsp3) is 0.211. The van der Waals surface area contributed by atoms with Crippen molar-refractivity contribution in [1.29, 1.82) is 0 Å². The van der Waals surface area contributed by atoms with Crippen LogP contribution in [0.15, 0.2) is 54.6 Å². The van der Waals surface area contributed by atoms with Gasteiger partial charge in [-0.1, -0.05) is 48.0 Å². The van der Waals surface area contributed by atoms with Gasteiger partial charge in [0, 0.05) is 18.1 Å². The highest BCUT2D eigenvalue weighted by atomic mass is 35.5. The molecule has 0 atom stereocenters. The van der Waals surface area contributed by atoms with E-state index in [1.165, 1.54) is 29.3 Å². The van der Waals surface area contributed by atoms with Crippen molar-refractivity contribution in [2.24, 2.45) is 0 Å². The topological polar surface area (TPSA) is 32.3 Å². The number of anilines is 1. The standard InChI is InChI=1S/C19H18ClFN2O/c20-16-6-7-17(21)18(12-16)22-19(24)13-23-10-8-15(9-11-23)14-4-2-1-3-5-14/h1-8,12H,9-11,13H2,(H,22,24). The van der Waals surface area contributed by atoms with E-state index in [1.54, 1.807) is 0 Å². The number of rotatable bonds is 4. The minimum atomic E-state index is -0.488. The second-order valence-corrected chi connectivity index (χ2v) is 6.19. The monoisotopic (exact) mass is 344 g/mol. The van der Waals surface area contributed by atoms with E-state index in [9.17, 15) is 9.18 Å². The van der Waals surface area contributed by atoms with Gasteiger partial charge in [0.15, 0.2) is 0 Å². The Hall–Kier alpha value is -2.17. The molecular weight excluding hydrogens is 327 g/mol. The number of nitrogens with zero attached hydrogens (tertiary/aromatic N) is 1. The van der Waals surface area contributed by atoms with Crippen LogP contribution in [0, 0.1) is 5.82 Å². The normalized spacial score (nSPS) is 15.0. The zero-order chi connectivity index (χ0) is 16.9. The molecule has 0 bridgehead atoms. The van der Waals surface area contributed by atoms with Crippen LogP contribution >= 0.6 is 11.6 Å². The van der Waals surface area contributed by atoms with Crippen LogP contribution in [-0.4, -0.2) is 30.4 Å². The van der Waals surface area contributed by atoms with Crippen LogP contribution in [0.5, 0.6) is 0 Å². The molecule has 1 amide bonds.